The number of benzene rings is 2. The zero-order valence-corrected chi connectivity index (χ0v) is 34.2. The second-order valence-corrected chi connectivity index (χ2v) is 18.0. The van der Waals surface area contributed by atoms with Crippen LogP contribution in [0.5, 0.6) is 0 Å². The molecule has 314 valence electrons. The van der Waals surface area contributed by atoms with E-state index in [9.17, 15) is 39.6 Å². The van der Waals surface area contributed by atoms with Gasteiger partial charge in [-0.25, -0.2) is 9.59 Å². The summed E-state index contributed by atoms with van der Waals surface area (Å²) in [6, 6.07) is 15.2. The molecule has 3 fully saturated rings. The number of alkyl carbamates (subject to hydrolysis) is 1. The maximum absolute atomic E-state index is 15.0. The molecule has 0 radical (unpaired) electrons. The molecule has 2 saturated carbocycles. The fraction of sp³-hybridized carbons (Fsp3) is 0.568. The highest BCUT2D eigenvalue weighted by atomic mass is 16.6. The smallest absolute Gasteiger partial charge is 0.408 e. The Morgan fingerprint density at radius 2 is 1.59 bits per heavy atom. The van der Waals surface area contributed by atoms with Gasteiger partial charge in [0.2, 0.25) is 0 Å². The Morgan fingerprint density at radius 1 is 0.983 bits per heavy atom. The number of fused-ring (bicyclic) bond motifs is 5. The van der Waals surface area contributed by atoms with Crippen molar-refractivity contribution in [1.29, 1.82) is 0 Å². The number of esters is 2. The van der Waals surface area contributed by atoms with Crippen LogP contribution in [0.3, 0.4) is 0 Å². The van der Waals surface area contributed by atoms with Gasteiger partial charge in [-0.3, -0.25) is 14.4 Å². The minimum absolute atomic E-state index is 0.0163. The normalized spacial score (nSPS) is 33.8. The van der Waals surface area contributed by atoms with Gasteiger partial charge in [0.05, 0.1) is 29.8 Å². The molecule has 11 atom stereocenters. The third-order valence-electron chi connectivity index (χ3n) is 13.1. The van der Waals surface area contributed by atoms with Gasteiger partial charge in [-0.15, -0.1) is 0 Å². The molecule has 2 bridgehead atoms. The molecule has 2 aromatic carbocycles. The number of hydrogen-bond acceptors (Lipinski definition) is 13. The minimum Gasteiger partial charge on any atom is -0.456 e. The van der Waals surface area contributed by atoms with Crippen LogP contribution in [-0.4, -0.2) is 104 Å². The number of carbonyl (C=O) groups excluding carboxylic acids is 5. The molecule has 58 heavy (non-hydrogen) atoms. The van der Waals surface area contributed by atoms with Crippen molar-refractivity contribution in [2.75, 3.05) is 6.61 Å². The zero-order valence-electron chi connectivity index (χ0n) is 34.2. The van der Waals surface area contributed by atoms with Crippen molar-refractivity contribution in [2.24, 2.45) is 22.7 Å². The Morgan fingerprint density at radius 3 is 2.14 bits per heavy atom. The molecule has 2 unspecified atom stereocenters. The molecule has 14 nitrogen and oxygen atoms in total. The van der Waals surface area contributed by atoms with E-state index in [0.29, 0.717) is 11.1 Å². The van der Waals surface area contributed by atoms with E-state index in [2.05, 4.69) is 5.32 Å². The number of aliphatic hydroxyl groups excluding tert-OH is 3. The van der Waals surface area contributed by atoms with E-state index in [1.807, 2.05) is 0 Å². The number of nitrogens with one attached hydrogen (secondary N) is 1. The molecule has 14 heteroatoms. The monoisotopic (exact) mass is 805 g/mol. The predicted molar refractivity (Wildman–Crippen MR) is 207 cm³/mol. The number of aliphatic hydroxyl groups is 4. The molecule has 1 amide bonds. The number of ether oxygens (including phenoxy) is 4. The maximum atomic E-state index is 15.0. The molecule has 4 aliphatic rings. The van der Waals surface area contributed by atoms with Crippen molar-refractivity contribution in [2.45, 2.75) is 128 Å². The number of hydrogen-bond donors (Lipinski definition) is 5. The van der Waals surface area contributed by atoms with E-state index in [1.165, 1.54) is 13.8 Å². The van der Waals surface area contributed by atoms with Crippen LogP contribution in [0.25, 0.3) is 0 Å². The maximum Gasteiger partial charge on any atom is 0.408 e. The quantitative estimate of drug-likeness (QED) is 0.105. The second kappa shape index (κ2) is 15.3. The summed E-state index contributed by atoms with van der Waals surface area (Å²) in [4.78, 5) is 69.3. The molecule has 2 aromatic rings. The lowest BCUT2D eigenvalue weighted by Crippen LogP contribution is -2.80. The second-order valence-electron chi connectivity index (χ2n) is 18.0. The Bertz CT molecular complexity index is 1970. The summed E-state index contributed by atoms with van der Waals surface area (Å²) in [5.74, 6) is -5.76. The zero-order chi connectivity index (χ0) is 42.7. The number of amides is 1. The number of ketones is 2. The standard InChI is InChI=1S/C44H55NO13/c1-23-29(56-38(52)35(50)33(26-17-13-10-14-18-26)45-39(53)58-40(3,4)5)21-44(54)27(19-28(47)25-15-11-9-12-16-25)36-42(8,37(51)34(49)32(23)41(44,6)7)30(48)20-31-43(36,22-55-31)57-24(2)46/h9-18,27,29-31,33-36,48-50,54H,19-22H2,1-8H3,(H,45,53)/t27?,29-,30-,31+,33-,34+,35+,36?,42+,43-,44+/m0/s1. The molecular formula is C44H55NO13. The molecule has 0 aromatic heterocycles. The Kier molecular flexibility index (Phi) is 11.4. The predicted octanol–water partition coefficient (Wildman–Crippen LogP) is 3.92. The van der Waals surface area contributed by atoms with E-state index < -0.39 is 118 Å². The minimum atomic E-state index is -2.13. The van der Waals surface area contributed by atoms with Crippen LogP contribution >= 0.6 is 0 Å². The SMILES string of the molecule is CC(=O)O[C@@]12CO[C@@H]1C[C@H](O)[C@@]1(C)C(=O)[C@H](O)C3=C(C)[C@@H](OC(=O)[C@H](O)[C@@H](NC(=O)OC(C)(C)C)c4ccccc4)C[C@@](O)(C(CC(=O)c4ccccc4)C12)C3(C)C. The van der Waals surface area contributed by atoms with Crippen LogP contribution in [0, 0.1) is 22.7 Å². The van der Waals surface area contributed by atoms with Crippen molar-refractivity contribution in [1.82, 2.24) is 5.32 Å². The summed E-state index contributed by atoms with van der Waals surface area (Å²) in [5.41, 5.74) is -7.15. The third-order valence-corrected chi connectivity index (χ3v) is 13.1. The van der Waals surface area contributed by atoms with Gasteiger partial charge >= 0.3 is 18.0 Å². The molecular weight excluding hydrogens is 750 g/mol. The van der Waals surface area contributed by atoms with Crippen molar-refractivity contribution in [3.63, 3.8) is 0 Å². The van der Waals surface area contributed by atoms with E-state index in [0.717, 1.165) is 0 Å². The average Bonchev–Trinajstić information content (AvgIpc) is 3.14. The number of carbonyl (C=O) groups is 5. The Labute approximate surface area is 337 Å². The Balaban J connectivity index is 1.49. The summed E-state index contributed by atoms with van der Waals surface area (Å²) in [7, 11) is 0. The van der Waals surface area contributed by atoms with E-state index >= 15 is 4.79 Å². The largest absolute Gasteiger partial charge is 0.456 e. The first-order valence-electron chi connectivity index (χ1n) is 19.7. The van der Waals surface area contributed by atoms with Gasteiger partial charge in [0.1, 0.15) is 23.9 Å². The highest BCUT2D eigenvalue weighted by Gasteiger charge is 2.76. The first-order chi connectivity index (χ1) is 27.0. The fourth-order valence-corrected chi connectivity index (χ4v) is 10.2. The molecule has 3 aliphatic carbocycles. The highest BCUT2D eigenvalue weighted by molar-refractivity contribution is 5.97. The summed E-state index contributed by atoms with van der Waals surface area (Å²) < 4.78 is 23.4. The third kappa shape index (κ3) is 7.16. The lowest BCUT2D eigenvalue weighted by atomic mass is 9.42. The number of Topliss-reactive ketones (excluding diaryl/α,β-unsaturated/α-hetero) is 2. The first kappa shape index (κ1) is 43.1. The van der Waals surface area contributed by atoms with E-state index in [-0.39, 0.29) is 24.2 Å². The van der Waals surface area contributed by atoms with Crippen LogP contribution < -0.4 is 5.32 Å². The molecule has 0 spiro atoms. The molecule has 1 saturated heterocycles. The van der Waals surface area contributed by atoms with E-state index in [4.69, 9.17) is 18.9 Å². The van der Waals surface area contributed by atoms with Crippen LogP contribution in [-0.2, 0) is 33.3 Å². The molecule has 1 aliphatic heterocycles. The highest BCUT2D eigenvalue weighted by Crippen LogP contribution is 2.66. The summed E-state index contributed by atoms with van der Waals surface area (Å²) >= 11 is 0. The molecule has 6 rings (SSSR count). The summed E-state index contributed by atoms with van der Waals surface area (Å²) in [6.07, 6.45) is -9.58. The van der Waals surface area contributed by atoms with Gasteiger partial charge in [0.25, 0.3) is 0 Å². The lowest BCUT2D eigenvalue weighted by Gasteiger charge is -2.68. The van der Waals surface area contributed by atoms with Gasteiger partial charge in [0.15, 0.2) is 23.3 Å². The van der Waals surface area contributed by atoms with Gasteiger partial charge < -0.3 is 44.7 Å². The van der Waals surface area contributed by atoms with Crippen LogP contribution in [0.4, 0.5) is 4.79 Å². The molecule has 5 N–H and O–H groups in total. The van der Waals surface area contributed by atoms with Gasteiger partial charge in [-0.05, 0) is 51.3 Å². The number of rotatable bonds is 9. The van der Waals surface area contributed by atoms with Crippen LogP contribution in [0.2, 0.25) is 0 Å². The van der Waals surface area contributed by atoms with E-state index in [1.54, 1.807) is 102 Å². The lowest BCUT2D eigenvalue weighted by molar-refractivity contribution is -0.339. The average molecular weight is 806 g/mol. The fourth-order valence-electron chi connectivity index (χ4n) is 10.2. The molecule has 1 heterocycles. The van der Waals surface area contributed by atoms with Gasteiger partial charge in [-0.1, -0.05) is 74.5 Å². The summed E-state index contributed by atoms with van der Waals surface area (Å²) in [6.45, 7) is 12.2. The van der Waals surface area contributed by atoms with Gasteiger partial charge in [0, 0.05) is 49.0 Å². The summed E-state index contributed by atoms with van der Waals surface area (Å²) in [5, 5.41) is 51.8. The first-order valence-corrected chi connectivity index (χ1v) is 19.7. The topological polar surface area (TPSA) is 215 Å². The Hall–Kier alpha value is -4.47. The van der Waals surface area contributed by atoms with Crippen molar-refractivity contribution >= 4 is 29.6 Å². The van der Waals surface area contributed by atoms with Crippen LogP contribution in [0.15, 0.2) is 71.8 Å². The van der Waals surface area contributed by atoms with Crippen molar-refractivity contribution in [3.8, 4) is 0 Å². The van der Waals surface area contributed by atoms with Crippen LogP contribution in [0.1, 0.15) is 96.6 Å². The van der Waals surface area contributed by atoms with Gasteiger partial charge in [-0.2, -0.15) is 0 Å². The van der Waals surface area contributed by atoms with Crippen molar-refractivity contribution < 1.29 is 63.3 Å². The van der Waals surface area contributed by atoms with Crippen molar-refractivity contribution in [3.05, 3.63) is 82.9 Å².